The monoisotopic (exact) mass is 441 g/mol. The number of hydrogen-bond acceptors (Lipinski definition) is 5. The molecule has 2 aliphatic rings. The van der Waals surface area contributed by atoms with Crippen LogP contribution in [-0.2, 0) is 4.79 Å². The van der Waals surface area contributed by atoms with Gasteiger partial charge >= 0.3 is 11.9 Å². The lowest BCUT2D eigenvalue weighted by molar-refractivity contribution is -0.139. The second-order valence-electron chi connectivity index (χ2n) is 8.23. The summed E-state index contributed by atoms with van der Waals surface area (Å²) in [7, 11) is 1.63. The van der Waals surface area contributed by atoms with Gasteiger partial charge in [0.05, 0.1) is 18.4 Å². The number of para-hydroxylation sites is 1. The number of esters is 1. The molecule has 1 aliphatic carbocycles. The summed E-state index contributed by atoms with van der Waals surface area (Å²) >= 11 is 0. The van der Waals surface area contributed by atoms with Crippen molar-refractivity contribution in [3.8, 4) is 22.6 Å². The molecule has 6 nitrogen and oxygen atoms in total. The fourth-order valence-corrected chi connectivity index (χ4v) is 4.70. The number of carbonyl (C=O) groups excluding carboxylic acids is 1. The number of anilines is 1. The Morgan fingerprint density at radius 2 is 1.61 bits per heavy atom. The number of allylic oxidation sites excluding steroid dienone is 2. The van der Waals surface area contributed by atoms with E-state index in [1.807, 2.05) is 60.7 Å². The SMILES string of the molecule is COc1ccc(-c2ccc(OC(=O)c3cccc4c3NC(C(=O)O)C3CC=CC43)cc2)cc1. The minimum atomic E-state index is -0.920. The topological polar surface area (TPSA) is 84.9 Å². The van der Waals surface area contributed by atoms with Gasteiger partial charge < -0.3 is 19.9 Å². The summed E-state index contributed by atoms with van der Waals surface area (Å²) in [5, 5.41) is 12.8. The van der Waals surface area contributed by atoms with Crippen molar-refractivity contribution in [1.82, 2.24) is 0 Å². The Labute approximate surface area is 191 Å². The molecule has 3 atom stereocenters. The third kappa shape index (κ3) is 3.84. The van der Waals surface area contributed by atoms with Crippen molar-refractivity contribution in [3.63, 3.8) is 0 Å². The highest BCUT2D eigenvalue weighted by molar-refractivity contribution is 5.99. The summed E-state index contributed by atoms with van der Waals surface area (Å²) in [6.07, 6.45) is 4.74. The van der Waals surface area contributed by atoms with Gasteiger partial charge in [0, 0.05) is 11.8 Å². The molecule has 0 amide bonds. The Morgan fingerprint density at radius 3 is 2.24 bits per heavy atom. The third-order valence-corrected chi connectivity index (χ3v) is 6.37. The van der Waals surface area contributed by atoms with E-state index in [-0.39, 0.29) is 11.8 Å². The molecule has 3 aromatic rings. The van der Waals surface area contributed by atoms with Crippen molar-refractivity contribution >= 4 is 17.6 Å². The van der Waals surface area contributed by atoms with Crippen LogP contribution in [0.2, 0.25) is 0 Å². The lowest BCUT2D eigenvalue weighted by Crippen LogP contribution is -2.42. The first-order valence-corrected chi connectivity index (χ1v) is 10.8. The van der Waals surface area contributed by atoms with Crippen molar-refractivity contribution in [1.29, 1.82) is 0 Å². The number of aliphatic carboxylic acids is 1. The molecule has 1 aliphatic heterocycles. The van der Waals surface area contributed by atoms with E-state index in [0.29, 0.717) is 23.4 Å². The van der Waals surface area contributed by atoms with E-state index >= 15 is 0 Å². The van der Waals surface area contributed by atoms with Gasteiger partial charge in [0.2, 0.25) is 0 Å². The number of ether oxygens (including phenoxy) is 2. The van der Waals surface area contributed by atoms with Crippen LogP contribution in [0.5, 0.6) is 11.5 Å². The van der Waals surface area contributed by atoms with Gasteiger partial charge in [-0.2, -0.15) is 0 Å². The Kier molecular flexibility index (Phi) is 5.34. The van der Waals surface area contributed by atoms with E-state index in [0.717, 1.165) is 22.4 Å². The summed E-state index contributed by atoms with van der Waals surface area (Å²) in [6, 6.07) is 19.6. The first-order valence-electron chi connectivity index (χ1n) is 10.8. The fraction of sp³-hybridized carbons (Fsp3) is 0.185. The smallest absolute Gasteiger partial charge is 0.345 e. The van der Waals surface area contributed by atoms with Gasteiger partial charge in [-0.25, -0.2) is 9.59 Å². The van der Waals surface area contributed by atoms with Gasteiger partial charge in [-0.1, -0.05) is 48.6 Å². The standard InChI is InChI=1S/C27H23NO5/c1-32-18-12-8-16(9-13-18)17-10-14-19(15-11-17)33-27(31)23-7-3-5-21-20-4-2-6-22(20)25(26(29)30)28-24(21)23/h2-5,7-15,20,22,25,28H,6H2,1H3,(H,29,30). The van der Waals surface area contributed by atoms with Crippen LogP contribution in [0.15, 0.2) is 78.9 Å². The van der Waals surface area contributed by atoms with E-state index in [4.69, 9.17) is 9.47 Å². The molecule has 0 fully saturated rings. The molecular weight excluding hydrogens is 418 g/mol. The van der Waals surface area contributed by atoms with Crippen LogP contribution in [0.3, 0.4) is 0 Å². The molecule has 166 valence electrons. The summed E-state index contributed by atoms with van der Waals surface area (Å²) in [5.74, 6) is -0.337. The number of rotatable bonds is 5. The van der Waals surface area contributed by atoms with Crippen molar-refractivity contribution in [2.75, 3.05) is 12.4 Å². The third-order valence-electron chi connectivity index (χ3n) is 6.37. The highest BCUT2D eigenvalue weighted by atomic mass is 16.5. The van der Waals surface area contributed by atoms with Crippen LogP contribution >= 0.6 is 0 Å². The van der Waals surface area contributed by atoms with E-state index in [9.17, 15) is 14.7 Å². The molecule has 0 radical (unpaired) electrons. The lowest BCUT2D eigenvalue weighted by Gasteiger charge is -2.35. The Balaban J connectivity index is 1.38. The second kappa shape index (κ2) is 8.47. The Bertz CT molecular complexity index is 1230. The number of methoxy groups -OCH3 is 1. The number of carboxylic acids is 1. The number of carboxylic acid groups (broad SMARTS) is 1. The van der Waals surface area contributed by atoms with Crippen molar-refractivity contribution in [3.05, 3.63) is 90.0 Å². The van der Waals surface area contributed by atoms with Crippen LogP contribution in [0.1, 0.15) is 28.3 Å². The van der Waals surface area contributed by atoms with Crippen molar-refractivity contribution in [2.45, 2.75) is 18.4 Å². The molecule has 0 bridgehead atoms. The quantitative estimate of drug-likeness (QED) is 0.325. The van der Waals surface area contributed by atoms with Gasteiger partial charge in [-0.3, -0.25) is 0 Å². The number of hydrogen-bond donors (Lipinski definition) is 2. The molecule has 0 saturated heterocycles. The van der Waals surface area contributed by atoms with E-state index in [2.05, 4.69) is 5.32 Å². The zero-order valence-corrected chi connectivity index (χ0v) is 18.0. The average molecular weight is 441 g/mol. The highest BCUT2D eigenvalue weighted by Crippen LogP contribution is 2.45. The van der Waals surface area contributed by atoms with Crippen molar-refractivity contribution in [2.24, 2.45) is 5.92 Å². The highest BCUT2D eigenvalue weighted by Gasteiger charge is 2.42. The summed E-state index contributed by atoms with van der Waals surface area (Å²) in [5.41, 5.74) is 3.80. The Morgan fingerprint density at radius 1 is 0.939 bits per heavy atom. The molecule has 1 heterocycles. The maximum atomic E-state index is 13.0. The van der Waals surface area contributed by atoms with Gasteiger partial charge in [0.1, 0.15) is 17.5 Å². The largest absolute Gasteiger partial charge is 0.497 e. The molecule has 0 spiro atoms. The van der Waals surface area contributed by atoms with Crippen LogP contribution < -0.4 is 14.8 Å². The van der Waals surface area contributed by atoms with E-state index in [1.54, 1.807) is 25.3 Å². The predicted octanol–water partition coefficient (Wildman–Crippen LogP) is 5.12. The number of carbonyl (C=O) groups is 2. The van der Waals surface area contributed by atoms with Crippen LogP contribution in [0.25, 0.3) is 11.1 Å². The number of nitrogens with one attached hydrogen (secondary N) is 1. The maximum Gasteiger partial charge on any atom is 0.345 e. The second-order valence-corrected chi connectivity index (χ2v) is 8.23. The van der Waals surface area contributed by atoms with Crippen LogP contribution in [-0.4, -0.2) is 30.2 Å². The molecule has 0 saturated carbocycles. The van der Waals surface area contributed by atoms with E-state index < -0.39 is 18.0 Å². The summed E-state index contributed by atoms with van der Waals surface area (Å²) in [6.45, 7) is 0. The first-order chi connectivity index (χ1) is 16.0. The zero-order chi connectivity index (χ0) is 22.9. The fourth-order valence-electron chi connectivity index (χ4n) is 4.70. The maximum absolute atomic E-state index is 13.0. The van der Waals surface area contributed by atoms with Gasteiger partial charge in [-0.15, -0.1) is 0 Å². The number of fused-ring (bicyclic) bond motifs is 3. The van der Waals surface area contributed by atoms with Gasteiger partial charge in [0.25, 0.3) is 0 Å². The molecule has 5 rings (SSSR count). The average Bonchev–Trinajstić information content (AvgIpc) is 3.34. The molecule has 3 unspecified atom stereocenters. The normalized spacial score (nSPS) is 20.3. The Hall–Kier alpha value is -4.06. The molecule has 33 heavy (non-hydrogen) atoms. The summed E-state index contributed by atoms with van der Waals surface area (Å²) < 4.78 is 10.8. The molecule has 2 N–H and O–H groups in total. The van der Waals surface area contributed by atoms with Gasteiger partial charge in [-0.05, 0) is 53.4 Å². The predicted molar refractivity (Wildman–Crippen MR) is 125 cm³/mol. The van der Waals surface area contributed by atoms with Crippen LogP contribution in [0.4, 0.5) is 5.69 Å². The summed E-state index contributed by atoms with van der Waals surface area (Å²) in [4.78, 5) is 24.9. The zero-order valence-electron chi connectivity index (χ0n) is 18.0. The molecule has 6 heteroatoms. The van der Waals surface area contributed by atoms with Crippen LogP contribution in [0, 0.1) is 5.92 Å². The lowest BCUT2D eigenvalue weighted by atomic mass is 9.78. The number of benzene rings is 3. The van der Waals surface area contributed by atoms with Gasteiger partial charge in [0.15, 0.2) is 0 Å². The first kappa shape index (κ1) is 20.8. The minimum Gasteiger partial charge on any atom is -0.497 e. The van der Waals surface area contributed by atoms with Crippen molar-refractivity contribution < 1.29 is 24.2 Å². The molecule has 0 aromatic heterocycles. The minimum absolute atomic E-state index is 0.0288. The molecule has 3 aromatic carbocycles. The molecular formula is C27H23NO5. The van der Waals surface area contributed by atoms with E-state index in [1.165, 1.54) is 0 Å².